The number of hydrogen-bond donors (Lipinski definition) is 0. The van der Waals surface area contributed by atoms with Crippen LogP contribution in [0.25, 0.3) is 0 Å². The van der Waals surface area contributed by atoms with Crippen molar-refractivity contribution in [3.8, 4) is 0 Å². The second-order valence-electron chi connectivity index (χ2n) is 7.83. The summed E-state index contributed by atoms with van der Waals surface area (Å²) in [6.07, 6.45) is 2.02. The van der Waals surface area contributed by atoms with E-state index < -0.39 is 0 Å². The fourth-order valence-corrected chi connectivity index (χ4v) is 4.24. The van der Waals surface area contributed by atoms with Crippen LogP contribution in [0.4, 0.5) is 10.5 Å². The smallest absolute Gasteiger partial charge is 0.409 e. The third-order valence-corrected chi connectivity index (χ3v) is 5.87. The van der Waals surface area contributed by atoms with Gasteiger partial charge in [-0.25, -0.2) is 4.79 Å². The van der Waals surface area contributed by atoms with Crippen LogP contribution in [0.2, 0.25) is 0 Å². The van der Waals surface area contributed by atoms with E-state index in [1.807, 2.05) is 17.0 Å². The summed E-state index contributed by atoms with van der Waals surface area (Å²) in [6, 6.07) is 16.6. The number of ether oxygens (including phenoxy) is 1. The number of anilines is 1. The maximum atomic E-state index is 12.8. The van der Waals surface area contributed by atoms with Crippen LogP contribution in [-0.2, 0) is 17.7 Å². The molecule has 1 fully saturated rings. The van der Waals surface area contributed by atoms with Gasteiger partial charge < -0.3 is 19.4 Å². The molecule has 2 amide bonds. The molecule has 0 unspecified atom stereocenters. The highest BCUT2D eigenvalue weighted by Crippen LogP contribution is 2.28. The summed E-state index contributed by atoms with van der Waals surface area (Å²) in [5.74, 6) is 0.0216. The number of rotatable bonds is 4. The Labute approximate surface area is 178 Å². The molecule has 2 aliphatic heterocycles. The number of nitrogens with zero attached hydrogens (tertiary/aromatic N) is 3. The van der Waals surface area contributed by atoms with Crippen molar-refractivity contribution in [1.82, 2.24) is 9.80 Å². The van der Waals surface area contributed by atoms with E-state index in [1.165, 1.54) is 23.2 Å². The second-order valence-corrected chi connectivity index (χ2v) is 7.83. The van der Waals surface area contributed by atoms with Gasteiger partial charge in [-0.05, 0) is 49.1 Å². The van der Waals surface area contributed by atoms with Gasteiger partial charge in [0.15, 0.2) is 0 Å². The molecule has 6 nitrogen and oxygen atoms in total. The molecule has 2 aromatic carbocycles. The van der Waals surface area contributed by atoms with Crippen LogP contribution < -0.4 is 4.90 Å². The van der Waals surface area contributed by atoms with E-state index >= 15 is 0 Å². The first kappa shape index (κ1) is 20.3. The molecule has 4 rings (SSSR count). The zero-order chi connectivity index (χ0) is 20.9. The molecular formula is C24H29N3O3. The van der Waals surface area contributed by atoms with Crippen LogP contribution in [0, 0.1) is 0 Å². The Hall–Kier alpha value is -3.02. The van der Waals surface area contributed by atoms with Crippen molar-refractivity contribution in [3.63, 3.8) is 0 Å². The van der Waals surface area contributed by atoms with Crippen molar-refractivity contribution in [3.05, 3.63) is 65.2 Å². The summed E-state index contributed by atoms with van der Waals surface area (Å²) in [4.78, 5) is 30.6. The second kappa shape index (κ2) is 9.20. The van der Waals surface area contributed by atoms with E-state index in [0.717, 1.165) is 19.5 Å². The van der Waals surface area contributed by atoms with E-state index in [-0.39, 0.29) is 12.0 Å². The molecule has 0 aromatic heterocycles. The number of benzene rings is 2. The maximum absolute atomic E-state index is 12.8. The van der Waals surface area contributed by atoms with Crippen molar-refractivity contribution in [2.45, 2.75) is 26.3 Å². The summed E-state index contributed by atoms with van der Waals surface area (Å²) < 4.78 is 5.04. The minimum Gasteiger partial charge on any atom is -0.450 e. The van der Waals surface area contributed by atoms with Crippen molar-refractivity contribution in [1.29, 1.82) is 0 Å². The van der Waals surface area contributed by atoms with Gasteiger partial charge in [-0.3, -0.25) is 4.79 Å². The van der Waals surface area contributed by atoms with Gasteiger partial charge in [0.05, 0.1) is 6.61 Å². The molecule has 0 atom stereocenters. The first-order valence-corrected chi connectivity index (χ1v) is 10.8. The molecule has 0 aliphatic carbocycles. The Morgan fingerprint density at radius 1 is 0.900 bits per heavy atom. The summed E-state index contributed by atoms with van der Waals surface area (Å²) in [5, 5.41) is 0. The van der Waals surface area contributed by atoms with E-state index in [1.54, 1.807) is 11.8 Å². The van der Waals surface area contributed by atoms with E-state index in [4.69, 9.17) is 4.74 Å². The predicted molar refractivity (Wildman–Crippen MR) is 117 cm³/mol. The van der Waals surface area contributed by atoms with E-state index in [0.29, 0.717) is 38.3 Å². The van der Waals surface area contributed by atoms with Crippen LogP contribution in [-0.4, -0.2) is 61.1 Å². The standard InChI is InChI=1S/C24H29N3O3/c1-2-30-24(29)26-16-14-25(15-17-26)23(28)21-11-9-19(10-12-21)18-27-13-5-7-20-6-3-4-8-22(20)27/h3-4,6,8-12H,2,5,7,13-18H2,1H3. The Morgan fingerprint density at radius 2 is 1.60 bits per heavy atom. The topological polar surface area (TPSA) is 53.1 Å². The highest BCUT2D eigenvalue weighted by Gasteiger charge is 2.25. The molecule has 0 radical (unpaired) electrons. The average Bonchev–Trinajstić information content (AvgIpc) is 2.80. The average molecular weight is 408 g/mol. The lowest BCUT2D eigenvalue weighted by Crippen LogP contribution is -2.50. The van der Waals surface area contributed by atoms with Gasteiger partial charge in [0.2, 0.25) is 0 Å². The highest BCUT2D eigenvalue weighted by molar-refractivity contribution is 5.94. The first-order valence-electron chi connectivity index (χ1n) is 10.8. The predicted octanol–water partition coefficient (Wildman–Crippen LogP) is 3.55. The molecular weight excluding hydrogens is 378 g/mol. The van der Waals surface area contributed by atoms with Gasteiger partial charge in [0.1, 0.15) is 0 Å². The van der Waals surface area contributed by atoms with Crippen molar-refractivity contribution < 1.29 is 14.3 Å². The molecule has 1 saturated heterocycles. The molecule has 30 heavy (non-hydrogen) atoms. The van der Waals surface area contributed by atoms with Crippen LogP contribution in [0.5, 0.6) is 0 Å². The highest BCUT2D eigenvalue weighted by atomic mass is 16.6. The van der Waals surface area contributed by atoms with Crippen molar-refractivity contribution in [2.75, 3.05) is 44.2 Å². The van der Waals surface area contributed by atoms with Crippen LogP contribution in [0.3, 0.4) is 0 Å². The molecule has 0 saturated carbocycles. The van der Waals surface area contributed by atoms with Gasteiger partial charge in [0, 0.05) is 50.5 Å². The minimum atomic E-state index is -0.298. The number of fused-ring (bicyclic) bond motifs is 1. The molecule has 158 valence electrons. The number of hydrogen-bond acceptors (Lipinski definition) is 4. The fourth-order valence-electron chi connectivity index (χ4n) is 4.24. The zero-order valence-electron chi connectivity index (χ0n) is 17.5. The van der Waals surface area contributed by atoms with Crippen molar-refractivity contribution >= 4 is 17.7 Å². The number of carbonyl (C=O) groups excluding carboxylic acids is 2. The quantitative estimate of drug-likeness (QED) is 0.778. The summed E-state index contributed by atoms with van der Waals surface area (Å²) in [5.41, 5.74) is 4.64. The maximum Gasteiger partial charge on any atom is 0.409 e. The Morgan fingerprint density at radius 3 is 2.33 bits per heavy atom. The molecule has 0 N–H and O–H groups in total. The van der Waals surface area contributed by atoms with Gasteiger partial charge in [-0.1, -0.05) is 30.3 Å². The Kier molecular flexibility index (Phi) is 6.21. The third kappa shape index (κ3) is 4.42. The molecule has 6 heteroatoms. The summed E-state index contributed by atoms with van der Waals surface area (Å²) in [6.45, 7) is 6.16. The van der Waals surface area contributed by atoms with Crippen LogP contribution >= 0.6 is 0 Å². The largest absolute Gasteiger partial charge is 0.450 e. The minimum absolute atomic E-state index is 0.0216. The number of para-hydroxylation sites is 1. The number of amides is 2. The van der Waals surface area contributed by atoms with Gasteiger partial charge in [-0.15, -0.1) is 0 Å². The van der Waals surface area contributed by atoms with Crippen LogP contribution in [0.15, 0.2) is 48.5 Å². The van der Waals surface area contributed by atoms with Gasteiger partial charge >= 0.3 is 6.09 Å². The first-order chi connectivity index (χ1) is 14.7. The lowest BCUT2D eigenvalue weighted by atomic mass is 10.0. The monoisotopic (exact) mass is 407 g/mol. The molecule has 2 heterocycles. The molecule has 2 aliphatic rings. The van der Waals surface area contributed by atoms with Crippen LogP contribution in [0.1, 0.15) is 34.8 Å². The van der Waals surface area contributed by atoms with Gasteiger partial charge in [-0.2, -0.15) is 0 Å². The zero-order valence-corrected chi connectivity index (χ0v) is 17.5. The Balaban J connectivity index is 1.35. The van der Waals surface area contributed by atoms with Crippen molar-refractivity contribution in [2.24, 2.45) is 0 Å². The SMILES string of the molecule is CCOC(=O)N1CCN(C(=O)c2ccc(CN3CCCc4ccccc43)cc2)CC1. The molecule has 2 aromatic rings. The lowest BCUT2D eigenvalue weighted by molar-refractivity contribution is 0.0570. The number of piperazine rings is 1. The third-order valence-electron chi connectivity index (χ3n) is 5.87. The number of aryl methyl sites for hydroxylation is 1. The lowest BCUT2D eigenvalue weighted by Gasteiger charge is -2.34. The molecule has 0 bridgehead atoms. The number of carbonyl (C=O) groups is 2. The van der Waals surface area contributed by atoms with E-state index in [2.05, 4.69) is 41.3 Å². The fraction of sp³-hybridized carbons (Fsp3) is 0.417. The molecule has 0 spiro atoms. The normalized spacial score (nSPS) is 16.2. The van der Waals surface area contributed by atoms with Gasteiger partial charge in [0.25, 0.3) is 5.91 Å². The summed E-state index contributed by atoms with van der Waals surface area (Å²) >= 11 is 0. The Bertz CT molecular complexity index is 889. The van der Waals surface area contributed by atoms with E-state index in [9.17, 15) is 9.59 Å². The summed E-state index contributed by atoms with van der Waals surface area (Å²) in [7, 11) is 0.